The summed E-state index contributed by atoms with van der Waals surface area (Å²) < 4.78 is 6.11. The smallest absolute Gasteiger partial charge is 0.294 e. The number of aromatic nitrogens is 1. The molecule has 10 heteroatoms. The number of amides is 2. The lowest BCUT2D eigenvalue weighted by Gasteiger charge is -2.36. The molecule has 1 fully saturated rings. The number of fused-ring (bicyclic) bond motifs is 2. The van der Waals surface area contributed by atoms with E-state index in [-0.39, 0.29) is 11.3 Å². The van der Waals surface area contributed by atoms with Gasteiger partial charge in [0.15, 0.2) is 0 Å². The van der Waals surface area contributed by atoms with Gasteiger partial charge in [0, 0.05) is 65.5 Å². The number of carbonyl (C=O) groups excluding carboxylic acids is 2. The Morgan fingerprint density at radius 1 is 0.745 bits per heavy atom. The third-order valence-electron chi connectivity index (χ3n) is 9.49. The molecule has 2 amide bonds. The van der Waals surface area contributed by atoms with E-state index in [9.17, 15) is 20.1 Å². The normalized spacial score (nSPS) is 13.1. The maximum Gasteiger partial charge on any atom is 0.294 e. The summed E-state index contributed by atoms with van der Waals surface area (Å²) in [6.45, 7) is 4.57. The summed E-state index contributed by atoms with van der Waals surface area (Å²) in [6.07, 6.45) is 5.16. The number of imide groups is 1. The Labute approximate surface area is 294 Å². The number of benzene rings is 4. The maximum absolute atomic E-state index is 13.6. The number of aryl methyl sites for hydroxylation is 1. The van der Waals surface area contributed by atoms with Crippen LogP contribution >= 0.6 is 0 Å². The summed E-state index contributed by atoms with van der Waals surface area (Å²) in [7, 11) is 0. The molecule has 2 N–H and O–H groups in total. The molecule has 0 radical (unpaired) electrons. The van der Waals surface area contributed by atoms with Crippen LogP contribution < -0.4 is 10.2 Å². The number of furan rings is 1. The van der Waals surface area contributed by atoms with Crippen molar-refractivity contribution in [3.63, 3.8) is 0 Å². The number of nitriles is 3. The highest BCUT2D eigenvalue weighted by molar-refractivity contribution is 6.15. The Kier molecular flexibility index (Phi) is 9.30. The molecular weight excluding hydrogens is 638 g/mol. The van der Waals surface area contributed by atoms with E-state index in [1.54, 1.807) is 24.3 Å². The fourth-order valence-electron chi connectivity index (χ4n) is 6.70. The second kappa shape index (κ2) is 14.4. The molecule has 10 nitrogen and oxygen atoms in total. The van der Waals surface area contributed by atoms with Gasteiger partial charge >= 0.3 is 0 Å². The molecule has 7 rings (SSSR count). The third kappa shape index (κ3) is 6.93. The van der Waals surface area contributed by atoms with Gasteiger partial charge in [0.05, 0.1) is 34.9 Å². The predicted octanol–water partition coefficient (Wildman–Crippen LogP) is 6.91. The van der Waals surface area contributed by atoms with Crippen LogP contribution in [0.25, 0.3) is 33.0 Å². The van der Waals surface area contributed by atoms with Crippen molar-refractivity contribution in [1.29, 1.82) is 15.8 Å². The second-order valence-corrected chi connectivity index (χ2v) is 12.6. The van der Waals surface area contributed by atoms with Crippen LogP contribution in [-0.2, 0) is 6.42 Å². The Balaban J connectivity index is 1.04. The highest BCUT2D eigenvalue weighted by atomic mass is 16.3. The molecule has 0 unspecified atom stereocenters. The fourth-order valence-corrected chi connectivity index (χ4v) is 6.70. The number of rotatable bonds is 9. The zero-order chi connectivity index (χ0) is 35.3. The van der Waals surface area contributed by atoms with Crippen LogP contribution in [-0.4, -0.2) is 54.4 Å². The van der Waals surface area contributed by atoms with Crippen LogP contribution in [0.5, 0.6) is 0 Å². The molecule has 3 heterocycles. The van der Waals surface area contributed by atoms with Crippen molar-refractivity contribution >= 4 is 39.4 Å². The molecule has 4 aromatic carbocycles. The van der Waals surface area contributed by atoms with Crippen molar-refractivity contribution in [2.24, 2.45) is 0 Å². The molecule has 6 aromatic rings. The standard InChI is InChI=1S/C41H33N7O3/c42-23-27-4-9-30(10-5-27)38-35-22-33(13-15-37(35)51-39(38)41(50)46-40(49)31-11-6-28(24-43)7-12-31)48-19-17-47(18-20-48)16-2-1-3-32-26-45-36-14-8-29(25-44)21-34(32)36/h4-15,21-22,26,45H,1-3,16-20H2,(H,46,49,50). The summed E-state index contributed by atoms with van der Waals surface area (Å²) in [4.78, 5) is 34.7. The molecule has 1 saturated heterocycles. The van der Waals surface area contributed by atoms with E-state index < -0.39 is 11.8 Å². The molecule has 0 spiro atoms. The van der Waals surface area contributed by atoms with Crippen LogP contribution in [0.3, 0.4) is 0 Å². The molecule has 0 atom stereocenters. The van der Waals surface area contributed by atoms with Crippen LogP contribution in [0.4, 0.5) is 5.69 Å². The molecule has 1 aliphatic heterocycles. The lowest BCUT2D eigenvalue weighted by Crippen LogP contribution is -2.46. The van der Waals surface area contributed by atoms with E-state index in [0.717, 1.165) is 74.0 Å². The first-order valence-corrected chi connectivity index (χ1v) is 16.8. The van der Waals surface area contributed by atoms with E-state index in [1.807, 2.05) is 42.5 Å². The lowest BCUT2D eigenvalue weighted by molar-refractivity contribution is 0.0834. The van der Waals surface area contributed by atoms with Gasteiger partial charge in [0.25, 0.3) is 11.8 Å². The Hall–Kier alpha value is -6.67. The van der Waals surface area contributed by atoms with Crippen LogP contribution in [0.15, 0.2) is 95.5 Å². The Morgan fingerprint density at radius 3 is 2.14 bits per heavy atom. The number of hydrogen-bond donors (Lipinski definition) is 2. The molecule has 1 aliphatic rings. The number of carbonyl (C=O) groups is 2. The summed E-state index contributed by atoms with van der Waals surface area (Å²) in [5, 5.41) is 32.0. The van der Waals surface area contributed by atoms with Gasteiger partial charge in [-0.3, -0.25) is 19.8 Å². The van der Waals surface area contributed by atoms with Gasteiger partial charge in [-0.15, -0.1) is 0 Å². The van der Waals surface area contributed by atoms with E-state index in [4.69, 9.17) is 9.68 Å². The maximum atomic E-state index is 13.6. The van der Waals surface area contributed by atoms with E-state index >= 15 is 0 Å². The zero-order valence-electron chi connectivity index (χ0n) is 27.8. The summed E-state index contributed by atoms with van der Waals surface area (Å²) >= 11 is 0. The van der Waals surface area contributed by atoms with E-state index in [1.165, 1.54) is 29.8 Å². The van der Waals surface area contributed by atoms with Crippen molar-refractivity contribution in [3.8, 4) is 29.3 Å². The molecule has 2 aromatic heterocycles. The number of hydrogen-bond acceptors (Lipinski definition) is 8. The van der Waals surface area contributed by atoms with Crippen LogP contribution in [0.1, 0.15) is 56.0 Å². The quantitative estimate of drug-likeness (QED) is 0.124. The van der Waals surface area contributed by atoms with Gasteiger partial charge in [0.1, 0.15) is 5.58 Å². The van der Waals surface area contributed by atoms with Gasteiger partial charge in [-0.2, -0.15) is 15.8 Å². The van der Waals surface area contributed by atoms with Crippen molar-refractivity contribution in [2.45, 2.75) is 19.3 Å². The number of piperazine rings is 1. The molecule has 250 valence electrons. The number of nitrogens with zero attached hydrogens (tertiary/aromatic N) is 5. The molecule has 0 bridgehead atoms. The molecule has 0 aliphatic carbocycles. The van der Waals surface area contributed by atoms with Crippen molar-refractivity contribution in [3.05, 3.63) is 125 Å². The summed E-state index contributed by atoms with van der Waals surface area (Å²) in [5.74, 6) is -1.30. The Bertz CT molecular complexity index is 2380. The number of aromatic amines is 1. The van der Waals surface area contributed by atoms with Crippen molar-refractivity contribution < 1.29 is 14.0 Å². The van der Waals surface area contributed by atoms with Crippen LogP contribution in [0, 0.1) is 34.0 Å². The van der Waals surface area contributed by atoms with Crippen molar-refractivity contribution in [1.82, 2.24) is 15.2 Å². The third-order valence-corrected chi connectivity index (χ3v) is 9.49. The largest absolute Gasteiger partial charge is 0.450 e. The second-order valence-electron chi connectivity index (χ2n) is 12.6. The van der Waals surface area contributed by atoms with Crippen LogP contribution in [0.2, 0.25) is 0 Å². The minimum absolute atomic E-state index is 0.00295. The number of unbranched alkanes of at least 4 members (excludes halogenated alkanes) is 1. The summed E-state index contributed by atoms with van der Waals surface area (Å²) in [6, 6.07) is 30.9. The topological polar surface area (TPSA) is 153 Å². The highest BCUT2D eigenvalue weighted by Crippen LogP contribution is 2.37. The van der Waals surface area contributed by atoms with Crippen molar-refractivity contribution in [2.75, 3.05) is 37.6 Å². The van der Waals surface area contributed by atoms with Gasteiger partial charge < -0.3 is 14.3 Å². The SMILES string of the molecule is N#Cc1ccc(C(=O)NC(=O)c2oc3ccc(N4CCN(CCCCc5c[nH]c6ccc(C#N)cc56)CC4)cc3c2-c2ccc(C#N)cc2)cc1. The fraction of sp³-hybridized carbons (Fsp3) is 0.195. The molecule has 51 heavy (non-hydrogen) atoms. The summed E-state index contributed by atoms with van der Waals surface area (Å²) in [5.41, 5.74) is 6.86. The zero-order valence-corrected chi connectivity index (χ0v) is 27.8. The van der Waals surface area contributed by atoms with Gasteiger partial charge in [0.2, 0.25) is 5.76 Å². The van der Waals surface area contributed by atoms with Gasteiger partial charge in [-0.1, -0.05) is 12.1 Å². The average Bonchev–Trinajstić information content (AvgIpc) is 3.77. The molecule has 0 saturated carbocycles. The Morgan fingerprint density at radius 2 is 1.43 bits per heavy atom. The predicted molar refractivity (Wildman–Crippen MR) is 194 cm³/mol. The number of nitrogens with one attached hydrogen (secondary N) is 2. The first kappa shape index (κ1) is 32.9. The number of H-pyrrole nitrogens is 1. The lowest BCUT2D eigenvalue weighted by atomic mass is 9.99. The van der Waals surface area contributed by atoms with Gasteiger partial charge in [-0.25, -0.2) is 0 Å². The van der Waals surface area contributed by atoms with E-state index in [0.29, 0.717) is 33.4 Å². The highest BCUT2D eigenvalue weighted by Gasteiger charge is 2.25. The monoisotopic (exact) mass is 671 g/mol. The minimum atomic E-state index is -0.688. The van der Waals surface area contributed by atoms with E-state index in [2.05, 4.69) is 38.4 Å². The van der Waals surface area contributed by atoms with Gasteiger partial charge in [-0.05, 0) is 110 Å². The number of anilines is 1. The first-order valence-electron chi connectivity index (χ1n) is 16.8. The first-order chi connectivity index (χ1) is 24.9. The molecular formula is C41H33N7O3. The average molecular weight is 672 g/mol. The minimum Gasteiger partial charge on any atom is -0.450 e.